The minimum absolute atomic E-state index is 0.101. The maximum absolute atomic E-state index is 10.6. The fraction of sp³-hybridized carbons (Fsp3) is 0.0714. The Morgan fingerprint density at radius 1 is 1.22 bits per heavy atom. The number of benzene rings is 2. The highest BCUT2D eigenvalue weighted by Gasteiger charge is 2.05. The molecule has 0 aliphatic heterocycles. The van der Waals surface area contributed by atoms with Crippen LogP contribution in [0.15, 0.2) is 42.5 Å². The average molecular weight is 263 g/mol. The molecule has 18 heavy (non-hydrogen) atoms. The van der Waals surface area contributed by atoms with E-state index in [9.17, 15) is 9.90 Å². The van der Waals surface area contributed by atoms with Crippen molar-refractivity contribution in [1.29, 1.82) is 0 Å². The van der Waals surface area contributed by atoms with Gasteiger partial charge in [0, 0.05) is 17.2 Å². The van der Waals surface area contributed by atoms with Crippen LogP contribution in [0.3, 0.4) is 0 Å². The Hall–Kier alpha value is -1.84. The first-order valence-electron chi connectivity index (χ1n) is 5.36. The van der Waals surface area contributed by atoms with Crippen LogP contribution < -0.4 is 4.74 Å². The van der Waals surface area contributed by atoms with Gasteiger partial charge in [0.15, 0.2) is 6.29 Å². The number of rotatable bonds is 4. The van der Waals surface area contributed by atoms with E-state index in [2.05, 4.69) is 0 Å². The molecule has 0 aromatic heterocycles. The zero-order chi connectivity index (χ0) is 13.0. The average Bonchev–Trinajstić information content (AvgIpc) is 2.39. The molecule has 4 heteroatoms. The van der Waals surface area contributed by atoms with E-state index in [0.717, 1.165) is 0 Å². The molecule has 0 amide bonds. The Bertz CT molecular complexity index is 567. The molecule has 1 N–H and O–H groups in total. The number of hydrogen-bond acceptors (Lipinski definition) is 3. The maximum atomic E-state index is 10.6. The Labute approximate surface area is 110 Å². The normalized spacial score (nSPS) is 10.1. The van der Waals surface area contributed by atoms with E-state index in [1.807, 2.05) is 12.1 Å². The van der Waals surface area contributed by atoms with Gasteiger partial charge in [-0.3, -0.25) is 4.79 Å². The Kier molecular flexibility index (Phi) is 3.97. The summed E-state index contributed by atoms with van der Waals surface area (Å²) in [6.45, 7) is -0.101. The van der Waals surface area contributed by atoms with Crippen LogP contribution in [0, 0.1) is 0 Å². The molecular weight excluding hydrogens is 252 g/mol. The van der Waals surface area contributed by atoms with E-state index < -0.39 is 0 Å². The number of aldehydes is 1. The highest BCUT2D eigenvalue weighted by atomic mass is 35.5. The van der Waals surface area contributed by atoms with Crippen molar-refractivity contribution in [1.82, 2.24) is 0 Å². The van der Waals surface area contributed by atoms with Gasteiger partial charge in [-0.15, -0.1) is 0 Å². The lowest BCUT2D eigenvalue weighted by molar-refractivity contribution is 0.112. The van der Waals surface area contributed by atoms with Gasteiger partial charge in [0.2, 0.25) is 0 Å². The van der Waals surface area contributed by atoms with E-state index in [-0.39, 0.29) is 6.61 Å². The van der Waals surface area contributed by atoms with Crippen LogP contribution in [0.5, 0.6) is 11.5 Å². The van der Waals surface area contributed by atoms with Crippen LogP contribution in [-0.2, 0) is 6.61 Å². The van der Waals surface area contributed by atoms with Gasteiger partial charge in [-0.05, 0) is 18.2 Å². The predicted octanol–water partition coefficient (Wildman–Crippen LogP) is 3.44. The van der Waals surface area contributed by atoms with Crippen LogP contribution in [0.25, 0.3) is 0 Å². The monoisotopic (exact) mass is 262 g/mol. The smallest absolute Gasteiger partial charge is 0.151 e. The van der Waals surface area contributed by atoms with E-state index in [0.29, 0.717) is 33.9 Å². The second-order valence-corrected chi connectivity index (χ2v) is 4.08. The van der Waals surface area contributed by atoms with Crippen molar-refractivity contribution >= 4 is 17.9 Å². The molecular formula is C14H11ClO3. The second kappa shape index (κ2) is 5.67. The summed E-state index contributed by atoms with van der Waals surface area (Å²) in [6.07, 6.45) is 0.688. The van der Waals surface area contributed by atoms with Crippen molar-refractivity contribution in [3.63, 3.8) is 0 Å². The lowest BCUT2D eigenvalue weighted by Crippen LogP contribution is -1.92. The van der Waals surface area contributed by atoms with E-state index in [1.165, 1.54) is 0 Å². The zero-order valence-electron chi connectivity index (χ0n) is 9.47. The van der Waals surface area contributed by atoms with Crippen molar-refractivity contribution in [3.05, 3.63) is 58.6 Å². The van der Waals surface area contributed by atoms with Crippen molar-refractivity contribution in [3.8, 4) is 11.5 Å². The summed E-state index contributed by atoms with van der Waals surface area (Å²) in [4.78, 5) is 10.6. The number of halogens is 1. The SMILES string of the molecule is O=Cc1ccc(Oc2ccccc2CO)cc1Cl. The van der Waals surface area contributed by atoms with Gasteiger partial charge >= 0.3 is 0 Å². The van der Waals surface area contributed by atoms with E-state index >= 15 is 0 Å². The lowest BCUT2D eigenvalue weighted by atomic mass is 10.2. The molecule has 92 valence electrons. The molecule has 0 aliphatic carbocycles. The maximum Gasteiger partial charge on any atom is 0.151 e. The van der Waals surface area contributed by atoms with Gasteiger partial charge in [0.05, 0.1) is 11.6 Å². The third-order valence-corrected chi connectivity index (χ3v) is 2.80. The standard InChI is InChI=1S/C14H11ClO3/c15-13-7-12(6-5-10(13)8-16)18-14-4-2-1-3-11(14)9-17/h1-8,17H,9H2. The molecule has 0 bridgehead atoms. The molecule has 0 fully saturated rings. The molecule has 0 atom stereocenters. The molecule has 0 aliphatic rings. The van der Waals surface area contributed by atoms with Crippen molar-refractivity contribution in [2.45, 2.75) is 6.61 Å². The number of aliphatic hydroxyl groups excluding tert-OH is 1. The number of carbonyl (C=O) groups excluding carboxylic acids is 1. The van der Waals surface area contributed by atoms with Gasteiger partial charge < -0.3 is 9.84 Å². The van der Waals surface area contributed by atoms with Crippen molar-refractivity contribution in [2.24, 2.45) is 0 Å². The first-order chi connectivity index (χ1) is 8.74. The van der Waals surface area contributed by atoms with Crippen LogP contribution in [0.4, 0.5) is 0 Å². The summed E-state index contributed by atoms with van der Waals surface area (Å²) in [7, 11) is 0. The molecule has 0 spiro atoms. The van der Waals surface area contributed by atoms with Gasteiger partial charge in [0.25, 0.3) is 0 Å². The molecule has 2 aromatic carbocycles. The van der Waals surface area contributed by atoms with Gasteiger partial charge in [-0.25, -0.2) is 0 Å². The second-order valence-electron chi connectivity index (χ2n) is 3.67. The molecule has 0 radical (unpaired) electrons. The van der Waals surface area contributed by atoms with Crippen LogP contribution in [-0.4, -0.2) is 11.4 Å². The quantitative estimate of drug-likeness (QED) is 0.859. The summed E-state index contributed by atoms with van der Waals surface area (Å²) in [5.74, 6) is 1.08. The zero-order valence-corrected chi connectivity index (χ0v) is 10.2. The van der Waals surface area contributed by atoms with Gasteiger partial charge in [-0.2, -0.15) is 0 Å². The molecule has 0 saturated carbocycles. The summed E-state index contributed by atoms with van der Waals surface area (Å²) >= 11 is 5.91. The van der Waals surface area contributed by atoms with Gasteiger partial charge in [-0.1, -0.05) is 29.8 Å². The highest BCUT2D eigenvalue weighted by Crippen LogP contribution is 2.28. The number of aliphatic hydroxyl groups is 1. The largest absolute Gasteiger partial charge is 0.457 e. The van der Waals surface area contributed by atoms with Crippen LogP contribution in [0.2, 0.25) is 5.02 Å². The first kappa shape index (κ1) is 12.6. The minimum atomic E-state index is -0.101. The number of ether oxygens (including phenoxy) is 1. The fourth-order valence-electron chi connectivity index (χ4n) is 1.53. The molecule has 0 saturated heterocycles. The minimum Gasteiger partial charge on any atom is -0.457 e. The third-order valence-electron chi connectivity index (χ3n) is 2.47. The summed E-state index contributed by atoms with van der Waals surface area (Å²) in [6, 6.07) is 12.0. The van der Waals surface area contributed by atoms with Crippen LogP contribution >= 0.6 is 11.6 Å². The fourth-order valence-corrected chi connectivity index (χ4v) is 1.74. The van der Waals surface area contributed by atoms with E-state index in [4.69, 9.17) is 16.3 Å². The predicted molar refractivity (Wildman–Crippen MR) is 69.3 cm³/mol. The summed E-state index contributed by atoms with van der Waals surface area (Å²) in [5.41, 5.74) is 1.10. The molecule has 0 heterocycles. The lowest BCUT2D eigenvalue weighted by Gasteiger charge is -2.10. The summed E-state index contributed by atoms with van der Waals surface area (Å²) < 4.78 is 5.62. The number of para-hydroxylation sites is 1. The Balaban J connectivity index is 2.28. The Morgan fingerprint density at radius 3 is 2.67 bits per heavy atom. The topological polar surface area (TPSA) is 46.5 Å². The number of carbonyl (C=O) groups is 1. The highest BCUT2D eigenvalue weighted by molar-refractivity contribution is 6.33. The summed E-state index contributed by atoms with van der Waals surface area (Å²) in [5, 5.41) is 9.52. The van der Waals surface area contributed by atoms with Crippen molar-refractivity contribution in [2.75, 3.05) is 0 Å². The van der Waals surface area contributed by atoms with Gasteiger partial charge in [0.1, 0.15) is 11.5 Å². The molecule has 3 nitrogen and oxygen atoms in total. The third kappa shape index (κ3) is 2.70. The molecule has 2 rings (SSSR count). The van der Waals surface area contributed by atoms with Crippen molar-refractivity contribution < 1.29 is 14.6 Å². The first-order valence-corrected chi connectivity index (χ1v) is 5.73. The molecule has 0 unspecified atom stereocenters. The molecule has 2 aromatic rings. The number of hydrogen-bond donors (Lipinski definition) is 1. The Morgan fingerprint density at radius 2 is 2.00 bits per heavy atom. The van der Waals surface area contributed by atoms with Crippen LogP contribution in [0.1, 0.15) is 15.9 Å². The van der Waals surface area contributed by atoms with E-state index in [1.54, 1.807) is 30.3 Å².